The number of benzene rings is 1. The smallest absolute Gasteiger partial charge is 0.247 e. The Bertz CT molecular complexity index is 445. The van der Waals surface area contributed by atoms with E-state index in [9.17, 15) is 9.59 Å². The molecule has 0 spiro atoms. The van der Waals surface area contributed by atoms with E-state index in [1.54, 1.807) is 11.8 Å². The van der Waals surface area contributed by atoms with E-state index >= 15 is 0 Å². The fourth-order valence-electron chi connectivity index (χ4n) is 2.13. The molecule has 2 rings (SSSR count). The normalized spacial score (nSPS) is 21.3. The maximum Gasteiger partial charge on any atom is 0.247 e. The Hall–Kier alpha value is -1.88. The summed E-state index contributed by atoms with van der Waals surface area (Å²) in [6.45, 7) is 2.60. The number of hydrogen-bond donors (Lipinski definition) is 2. The summed E-state index contributed by atoms with van der Waals surface area (Å²) in [4.78, 5) is 25.6. The summed E-state index contributed by atoms with van der Waals surface area (Å²) in [5.41, 5.74) is 6.44. The van der Waals surface area contributed by atoms with Crippen LogP contribution in [0.4, 0.5) is 0 Å². The molecular weight excluding hydrogens is 230 g/mol. The molecule has 0 aromatic heterocycles. The molecule has 96 valence electrons. The van der Waals surface area contributed by atoms with Crippen LogP contribution in [-0.2, 0) is 9.59 Å². The average Bonchev–Trinajstić information content (AvgIpc) is 2.38. The van der Waals surface area contributed by atoms with Crippen molar-refractivity contribution in [3.05, 3.63) is 35.9 Å². The van der Waals surface area contributed by atoms with Crippen LogP contribution in [0.25, 0.3) is 0 Å². The molecule has 1 aliphatic rings. The van der Waals surface area contributed by atoms with E-state index in [4.69, 9.17) is 5.73 Å². The maximum atomic E-state index is 12.0. The lowest BCUT2D eigenvalue weighted by atomic mass is 10.0. The van der Waals surface area contributed by atoms with Gasteiger partial charge in [0, 0.05) is 13.1 Å². The predicted octanol–water partition coefficient (Wildman–Crippen LogP) is 0.0333. The van der Waals surface area contributed by atoms with Gasteiger partial charge >= 0.3 is 0 Å². The molecule has 5 nitrogen and oxygen atoms in total. The molecule has 0 saturated carbocycles. The fraction of sp³-hybridized carbons (Fsp3) is 0.385. The monoisotopic (exact) mass is 247 g/mol. The molecular formula is C13H17N3O2. The Labute approximate surface area is 106 Å². The summed E-state index contributed by atoms with van der Waals surface area (Å²) >= 11 is 0. The van der Waals surface area contributed by atoms with Gasteiger partial charge in [-0.3, -0.25) is 9.59 Å². The number of carbonyl (C=O) groups is 2. The first-order valence-electron chi connectivity index (χ1n) is 6.00. The molecule has 1 aromatic rings. The van der Waals surface area contributed by atoms with Gasteiger partial charge in [-0.25, -0.2) is 0 Å². The molecule has 3 N–H and O–H groups in total. The van der Waals surface area contributed by atoms with E-state index in [-0.39, 0.29) is 11.8 Å². The van der Waals surface area contributed by atoms with Crippen LogP contribution in [0.1, 0.15) is 18.5 Å². The molecule has 18 heavy (non-hydrogen) atoms. The number of nitrogens with one attached hydrogen (secondary N) is 1. The highest BCUT2D eigenvalue weighted by Gasteiger charge is 2.35. The molecule has 1 fully saturated rings. The van der Waals surface area contributed by atoms with E-state index in [1.807, 2.05) is 30.3 Å². The summed E-state index contributed by atoms with van der Waals surface area (Å²) in [5.74, 6) is -0.347. The number of amides is 2. The Morgan fingerprint density at radius 2 is 2.11 bits per heavy atom. The molecule has 0 aliphatic carbocycles. The molecule has 2 amide bonds. The Morgan fingerprint density at radius 3 is 2.72 bits per heavy atom. The summed E-state index contributed by atoms with van der Waals surface area (Å²) in [6, 6.07) is 8.11. The Balaban J connectivity index is 2.32. The maximum absolute atomic E-state index is 12.0. The summed E-state index contributed by atoms with van der Waals surface area (Å²) in [6.07, 6.45) is 0. The molecule has 1 unspecified atom stereocenters. The highest BCUT2D eigenvalue weighted by atomic mass is 16.2. The van der Waals surface area contributed by atoms with Gasteiger partial charge in [-0.15, -0.1) is 0 Å². The second kappa shape index (κ2) is 5.18. The third kappa shape index (κ3) is 2.36. The predicted molar refractivity (Wildman–Crippen MR) is 67.6 cm³/mol. The summed E-state index contributed by atoms with van der Waals surface area (Å²) in [7, 11) is 0. The first-order valence-corrected chi connectivity index (χ1v) is 6.00. The summed E-state index contributed by atoms with van der Waals surface area (Å²) < 4.78 is 0. The first kappa shape index (κ1) is 12.6. The molecule has 1 saturated heterocycles. The van der Waals surface area contributed by atoms with Gasteiger partial charge in [-0.2, -0.15) is 0 Å². The van der Waals surface area contributed by atoms with E-state index in [2.05, 4.69) is 5.32 Å². The molecule has 1 aliphatic heterocycles. The van der Waals surface area contributed by atoms with Crippen LogP contribution in [0.5, 0.6) is 0 Å². The van der Waals surface area contributed by atoms with Crippen molar-refractivity contribution in [3.8, 4) is 0 Å². The van der Waals surface area contributed by atoms with Crippen molar-refractivity contribution in [1.29, 1.82) is 0 Å². The fourth-order valence-corrected chi connectivity index (χ4v) is 2.13. The Morgan fingerprint density at radius 1 is 1.44 bits per heavy atom. The van der Waals surface area contributed by atoms with Gasteiger partial charge < -0.3 is 16.0 Å². The highest BCUT2D eigenvalue weighted by Crippen LogP contribution is 2.23. The van der Waals surface area contributed by atoms with Gasteiger partial charge in [-0.05, 0) is 12.5 Å². The van der Waals surface area contributed by atoms with Crippen LogP contribution < -0.4 is 11.1 Å². The van der Waals surface area contributed by atoms with E-state index < -0.39 is 12.1 Å². The molecule has 2 atom stereocenters. The number of piperazine rings is 1. The van der Waals surface area contributed by atoms with Crippen LogP contribution in [0, 0.1) is 0 Å². The third-order valence-electron chi connectivity index (χ3n) is 3.00. The molecule has 1 aromatic carbocycles. The van der Waals surface area contributed by atoms with Gasteiger partial charge in [0.05, 0.1) is 6.04 Å². The second-order valence-corrected chi connectivity index (χ2v) is 4.42. The number of rotatable bonds is 2. The molecule has 5 heteroatoms. The van der Waals surface area contributed by atoms with Crippen molar-refractivity contribution in [1.82, 2.24) is 10.2 Å². The standard InChI is InChI=1S/C13H17N3O2/c1-9(14)13(18)16-8-7-15-12(17)11(16)10-5-3-2-4-6-10/h2-6,9,11H,7-8,14H2,1H3,(H,15,17)/t9-,11?/m0/s1. The van der Waals surface area contributed by atoms with Gasteiger partial charge in [0.15, 0.2) is 0 Å². The number of nitrogens with zero attached hydrogens (tertiary/aromatic N) is 1. The minimum Gasteiger partial charge on any atom is -0.352 e. The lowest BCUT2D eigenvalue weighted by Crippen LogP contribution is -2.55. The summed E-state index contributed by atoms with van der Waals surface area (Å²) in [5, 5.41) is 2.78. The molecule has 0 radical (unpaired) electrons. The Kier molecular flexibility index (Phi) is 3.62. The van der Waals surface area contributed by atoms with Crippen LogP contribution in [-0.4, -0.2) is 35.8 Å². The van der Waals surface area contributed by atoms with Gasteiger partial charge in [0.1, 0.15) is 6.04 Å². The van der Waals surface area contributed by atoms with Crippen LogP contribution in [0.15, 0.2) is 30.3 Å². The zero-order chi connectivity index (χ0) is 13.1. The SMILES string of the molecule is C[C@H](N)C(=O)N1CCNC(=O)C1c1ccccc1. The zero-order valence-electron chi connectivity index (χ0n) is 10.3. The van der Waals surface area contributed by atoms with Crippen LogP contribution in [0.3, 0.4) is 0 Å². The van der Waals surface area contributed by atoms with Crippen molar-refractivity contribution < 1.29 is 9.59 Å². The number of nitrogens with two attached hydrogens (primary N) is 1. The van der Waals surface area contributed by atoms with E-state index in [0.717, 1.165) is 5.56 Å². The number of hydrogen-bond acceptors (Lipinski definition) is 3. The van der Waals surface area contributed by atoms with Crippen molar-refractivity contribution in [3.63, 3.8) is 0 Å². The largest absolute Gasteiger partial charge is 0.352 e. The average molecular weight is 247 g/mol. The van der Waals surface area contributed by atoms with Gasteiger partial charge in [0.2, 0.25) is 11.8 Å². The minimum absolute atomic E-state index is 0.151. The minimum atomic E-state index is -0.595. The van der Waals surface area contributed by atoms with Crippen LogP contribution in [0.2, 0.25) is 0 Å². The molecule has 1 heterocycles. The van der Waals surface area contributed by atoms with E-state index in [0.29, 0.717) is 13.1 Å². The lowest BCUT2D eigenvalue weighted by Gasteiger charge is -2.36. The van der Waals surface area contributed by atoms with Crippen molar-refractivity contribution in [2.45, 2.75) is 19.0 Å². The quantitative estimate of drug-likeness (QED) is 0.774. The zero-order valence-corrected chi connectivity index (χ0v) is 10.3. The second-order valence-electron chi connectivity index (χ2n) is 4.42. The van der Waals surface area contributed by atoms with E-state index in [1.165, 1.54) is 0 Å². The van der Waals surface area contributed by atoms with Gasteiger partial charge in [-0.1, -0.05) is 30.3 Å². The first-order chi connectivity index (χ1) is 8.61. The van der Waals surface area contributed by atoms with Crippen molar-refractivity contribution >= 4 is 11.8 Å². The number of carbonyl (C=O) groups excluding carboxylic acids is 2. The third-order valence-corrected chi connectivity index (χ3v) is 3.00. The van der Waals surface area contributed by atoms with Crippen molar-refractivity contribution in [2.75, 3.05) is 13.1 Å². The van der Waals surface area contributed by atoms with Gasteiger partial charge in [0.25, 0.3) is 0 Å². The topological polar surface area (TPSA) is 75.4 Å². The lowest BCUT2D eigenvalue weighted by molar-refractivity contribution is -0.144. The van der Waals surface area contributed by atoms with Crippen molar-refractivity contribution in [2.24, 2.45) is 5.73 Å². The molecule has 0 bridgehead atoms. The highest BCUT2D eigenvalue weighted by molar-refractivity contribution is 5.91. The van der Waals surface area contributed by atoms with Crippen LogP contribution >= 0.6 is 0 Å².